The first-order valence-electron chi connectivity index (χ1n) is 6.96. The molecule has 0 aromatic rings. The average molecular weight is 251 g/mol. The first-order valence-corrected chi connectivity index (χ1v) is 6.96. The molecule has 1 heterocycles. The minimum atomic E-state index is -0.300. The standard InChI is InChI=1S/C14H25N3O/c1-13(18-3)6-4-8-17(11-13)12-5-7-14(9-12,10-15)16-2/h12,16H,4-9,11H2,1-3H3. The SMILES string of the molecule is CNC1(C#N)CCC(N2CCCC(C)(OC)C2)C1. The van der Waals surface area contributed by atoms with Gasteiger partial charge in [-0.2, -0.15) is 5.26 Å². The molecule has 2 rings (SSSR count). The monoisotopic (exact) mass is 251 g/mol. The molecule has 0 bridgehead atoms. The van der Waals surface area contributed by atoms with E-state index in [0.717, 1.165) is 38.8 Å². The van der Waals surface area contributed by atoms with Crippen molar-refractivity contribution in [1.29, 1.82) is 5.26 Å². The smallest absolute Gasteiger partial charge is 0.108 e. The molecule has 0 spiro atoms. The number of rotatable bonds is 3. The fourth-order valence-corrected chi connectivity index (χ4v) is 3.44. The molecule has 0 aromatic heterocycles. The van der Waals surface area contributed by atoms with Crippen LogP contribution in [0.15, 0.2) is 0 Å². The van der Waals surface area contributed by atoms with Crippen molar-refractivity contribution in [1.82, 2.24) is 10.2 Å². The van der Waals surface area contributed by atoms with E-state index in [2.05, 4.69) is 23.2 Å². The summed E-state index contributed by atoms with van der Waals surface area (Å²) >= 11 is 0. The van der Waals surface area contributed by atoms with Crippen molar-refractivity contribution in [3.8, 4) is 6.07 Å². The number of nitriles is 1. The van der Waals surface area contributed by atoms with Crippen LogP contribution < -0.4 is 5.32 Å². The molecular weight excluding hydrogens is 226 g/mol. The van der Waals surface area contributed by atoms with Crippen LogP contribution >= 0.6 is 0 Å². The van der Waals surface area contributed by atoms with E-state index in [1.165, 1.54) is 6.42 Å². The maximum atomic E-state index is 9.33. The highest BCUT2D eigenvalue weighted by Gasteiger charge is 2.43. The minimum Gasteiger partial charge on any atom is -0.377 e. The Morgan fingerprint density at radius 3 is 2.78 bits per heavy atom. The molecular formula is C14H25N3O. The number of piperidine rings is 1. The molecule has 4 heteroatoms. The number of ether oxygens (including phenoxy) is 1. The van der Waals surface area contributed by atoms with E-state index in [9.17, 15) is 5.26 Å². The molecule has 2 aliphatic rings. The Bertz CT molecular complexity index is 340. The highest BCUT2D eigenvalue weighted by Crippen LogP contribution is 2.35. The second-order valence-electron chi connectivity index (χ2n) is 6.07. The maximum Gasteiger partial charge on any atom is 0.108 e. The fourth-order valence-electron chi connectivity index (χ4n) is 3.44. The van der Waals surface area contributed by atoms with Gasteiger partial charge in [-0.05, 0) is 52.6 Å². The zero-order chi connectivity index (χ0) is 13.2. The number of hydrogen-bond acceptors (Lipinski definition) is 4. The van der Waals surface area contributed by atoms with Crippen LogP contribution in [0, 0.1) is 11.3 Å². The lowest BCUT2D eigenvalue weighted by molar-refractivity contribution is -0.0609. The Kier molecular flexibility index (Phi) is 3.96. The van der Waals surface area contributed by atoms with Crippen LogP contribution in [-0.4, -0.2) is 49.3 Å². The van der Waals surface area contributed by atoms with E-state index in [-0.39, 0.29) is 11.1 Å². The third-order valence-corrected chi connectivity index (χ3v) is 4.88. The molecule has 3 unspecified atom stereocenters. The van der Waals surface area contributed by atoms with Gasteiger partial charge in [-0.3, -0.25) is 4.90 Å². The van der Waals surface area contributed by atoms with Crippen LogP contribution in [0.1, 0.15) is 39.0 Å². The third-order valence-electron chi connectivity index (χ3n) is 4.88. The summed E-state index contributed by atoms with van der Waals surface area (Å²) < 4.78 is 5.65. The van der Waals surface area contributed by atoms with E-state index in [0.29, 0.717) is 6.04 Å². The van der Waals surface area contributed by atoms with Gasteiger partial charge >= 0.3 is 0 Å². The molecule has 0 radical (unpaired) electrons. The number of nitrogens with one attached hydrogen (secondary N) is 1. The summed E-state index contributed by atoms with van der Waals surface area (Å²) in [5.74, 6) is 0. The largest absolute Gasteiger partial charge is 0.377 e. The molecule has 1 aliphatic carbocycles. The zero-order valence-corrected chi connectivity index (χ0v) is 11.8. The predicted octanol–water partition coefficient (Wildman–Crippen LogP) is 1.52. The second-order valence-corrected chi connectivity index (χ2v) is 6.07. The molecule has 102 valence electrons. The Hall–Kier alpha value is -0.630. The lowest BCUT2D eigenvalue weighted by Gasteiger charge is -2.42. The number of methoxy groups -OCH3 is 1. The van der Waals surface area contributed by atoms with Crippen molar-refractivity contribution in [2.75, 3.05) is 27.2 Å². The summed E-state index contributed by atoms with van der Waals surface area (Å²) in [6.45, 7) is 4.35. The molecule has 2 fully saturated rings. The molecule has 18 heavy (non-hydrogen) atoms. The lowest BCUT2D eigenvalue weighted by atomic mass is 9.92. The first kappa shape index (κ1) is 13.8. The van der Waals surface area contributed by atoms with Crippen molar-refractivity contribution in [3.05, 3.63) is 0 Å². The molecule has 1 aliphatic heterocycles. The van der Waals surface area contributed by atoms with E-state index in [1.54, 1.807) is 0 Å². The van der Waals surface area contributed by atoms with Gasteiger partial charge in [0.05, 0.1) is 11.7 Å². The van der Waals surface area contributed by atoms with Gasteiger partial charge in [-0.15, -0.1) is 0 Å². The van der Waals surface area contributed by atoms with Gasteiger partial charge < -0.3 is 10.1 Å². The van der Waals surface area contributed by atoms with Gasteiger partial charge in [0, 0.05) is 19.7 Å². The molecule has 4 nitrogen and oxygen atoms in total. The second kappa shape index (κ2) is 5.16. The number of hydrogen-bond donors (Lipinski definition) is 1. The highest BCUT2D eigenvalue weighted by atomic mass is 16.5. The van der Waals surface area contributed by atoms with Gasteiger partial charge in [0.25, 0.3) is 0 Å². The number of likely N-dealkylation sites (tertiary alicyclic amines) is 1. The molecule has 1 N–H and O–H groups in total. The Morgan fingerprint density at radius 1 is 1.44 bits per heavy atom. The molecule has 0 amide bonds. The maximum absolute atomic E-state index is 9.33. The average Bonchev–Trinajstić information content (AvgIpc) is 2.84. The summed E-state index contributed by atoms with van der Waals surface area (Å²) in [5, 5.41) is 12.5. The van der Waals surface area contributed by atoms with Crippen LogP contribution in [-0.2, 0) is 4.74 Å². The zero-order valence-electron chi connectivity index (χ0n) is 11.8. The molecule has 1 saturated heterocycles. The van der Waals surface area contributed by atoms with E-state index in [4.69, 9.17) is 4.74 Å². The first-order chi connectivity index (χ1) is 8.56. The Morgan fingerprint density at radius 2 is 2.22 bits per heavy atom. The van der Waals surface area contributed by atoms with E-state index >= 15 is 0 Å². The summed E-state index contributed by atoms with van der Waals surface area (Å²) in [6.07, 6.45) is 5.36. The van der Waals surface area contributed by atoms with Crippen molar-refractivity contribution >= 4 is 0 Å². The van der Waals surface area contributed by atoms with Crippen LogP contribution in [0.5, 0.6) is 0 Å². The summed E-state index contributed by atoms with van der Waals surface area (Å²) in [5.41, 5.74) is -0.304. The quantitative estimate of drug-likeness (QED) is 0.826. The van der Waals surface area contributed by atoms with Crippen LogP contribution in [0.2, 0.25) is 0 Å². The third kappa shape index (κ3) is 2.54. The van der Waals surface area contributed by atoms with Gasteiger partial charge in [0.1, 0.15) is 5.54 Å². The lowest BCUT2D eigenvalue weighted by Crippen LogP contribution is -2.51. The number of nitrogens with zero attached hydrogens (tertiary/aromatic N) is 2. The van der Waals surface area contributed by atoms with Crippen LogP contribution in [0.4, 0.5) is 0 Å². The summed E-state index contributed by atoms with van der Waals surface area (Å²) in [4.78, 5) is 2.53. The van der Waals surface area contributed by atoms with Gasteiger partial charge in [0.15, 0.2) is 0 Å². The molecule has 3 atom stereocenters. The Balaban J connectivity index is 2.00. The highest BCUT2D eigenvalue weighted by molar-refractivity contribution is 5.13. The normalized spacial score (nSPS) is 41.8. The summed E-state index contributed by atoms with van der Waals surface area (Å²) in [6, 6.07) is 3.00. The van der Waals surface area contributed by atoms with Crippen molar-refractivity contribution in [3.63, 3.8) is 0 Å². The van der Waals surface area contributed by atoms with Gasteiger partial charge in [-0.1, -0.05) is 0 Å². The summed E-state index contributed by atoms with van der Waals surface area (Å²) in [7, 11) is 3.71. The van der Waals surface area contributed by atoms with E-state index in [1.807, 2.05) is 14.2 Å². The van der Waals surface area contributed by atoms with Crippen LogP contribution in [0.25, 0.3) is 0 Å². The van der Waals surface area contributed by atoms with E-state index < -0.39 is 0 Å². The van der Waals surface area contributed by atoms with Crippen molar-refractivity contribution in [2.45, 2.75) is 56.2 Å². The minimum absolute atomic E-state index is 0.00418. The fraction of sp³-hybridized carbons (Fsp3) is 0.929. The van der Waals surface area contributed by atoms with Gasteiger partial charge in [-0.25, -0.2) is 0 Å². The predicted molar refractivity (Wildman–Crippen MR) is 71.3 cm³/mol. The van der Waals surface area contributed by atoms with Gasteiger partial charge in [0.2, 0.25) is 0 Å². The van der Waals surface area contributed by atoms with Crippen molar-refractivity contribution < 1.29 is 4.74 Å². The van der Waals surface area contributed by atoms with Crippen molar-refractivity contribution in [2.24, 2.45) is 0 Å². The Labute approximate surface area is 110 Å². The molecule has 1 saturated carbocycles. The molecule has 0 aromatic carbocycles. The topological polar surface area (TPSA) is 48.3 Å². The van der Waals surface area contributed by atoms with Crippen LogP contribution in [0.3, 0.4) is 0 Å².